The fourth-order valence-corrected chi connectivity index (χ4v) is 3.12. The Balaban J connectivity index is 2.05. The number of carbonyl (C=O) groups is 1. The van der Waals surface area contributed by atoms with E-state index in [1.54, 1.807) is 30.3 Å². The summed E-state index contributed by atoms with van der Waals surface area (Å²) in [5, 5.41) is 6.19. The molecule has 0 spiro atoms. The summed E-state index contributed by atoms with van der Waals surface area (Å²) in [6.07, 6.45) is 0.898. The second kappa shape index (κ2) is 10.6. The maximum Gasteiger partial charge on any atom is 0.261 e. The van der Waals surface area contributed by atoms with Gasteiger partial charge in [-0.2, -0.15) is 0 Å². The normalized spacial score (nSPS) is 10.5. The highest BCUT2D eigenvalue weighted by Gasteiger charge is 2.15. The summed E-state index contributed by atoms with van der Waals surface area (Å²) in [7, 11) is 1.54. The molecule has 0 saturated carbocycles. The molecule has 0 saturated heterocycles. The molecule has 0 aliphatic carbocycles. The van der Waals surface area contributed by atoms with Crippen LogP contribution in [-0.4, -0.2) is 24.7 Å². The molecule has 2 aromatic rings. The van der Waals surface area contributed by atoms with Crippen LogP contribution in [0.3, 0.4) is 0 Å². The van der Waals surface area contributed by atoms with E-state index in [1.807, 2.05) is 6.07 Å². The van der Waals surface area contributed by atoms with E-state index in [9.17, 15) is 4.79 Å². The van der Waals surface area contributed by atoms with Crippen molar-refractivity contribution in [2.24, 2.45) is 5.92 Å². The van der Waals surface area contributed by atoms with E-state index < -0.39 is 0 Å². The van der Waals surface area contributed by atoms with Crippen LogP contribution in [0.1, 0.15) is 30.6 Å². The third kappa shape index (κ3) is 6.65. The zero-order valence-corrected chi connectivity index (χ0v) is 19.0. The monoisotopic (exact) mass is 484 g/mol. The summed E-state index contributed by atoms with van der Waals surface area (Å²) < 4.78 is 11.7. The van der Waals surface area contributed by atoms with E-state index in [-0.39, 0.29) is 11.0 Å². The van der Waals surface area contributed by atoms with Gasteiger partial charge in [-0.25, -0.2) is 0 Å². The van der Waals surface area contributed by atoms with Crippen molar-refractivity contribution in [3.8, 4) is 11.5 Å². The number of anilines is 1. The van der Waals surface area contributed by atoms with Crippen molar-refractivity contribution in [1.82, 2.24) is 5.32 Å². The van der Waals surface area contributed by atoms with E-state index in [0.717, 1.165) is 10.9 Å². The largest absolute Gasteiger partial charge is 0.495 e. The molecule has 28 heavy (non-hydrogen) atoms. The summed E-state index contributed by atoms with van der Waals surface area (Å²) >= 11 is 14.7. The van der Waals surface area contributed by atoms with Crippen molar-refractivity contribution in [3.63, 3.8) is 0 Å². The Hall–Kier alpha value is -1.83. The average molecular weight is 486 g/mol. The zero-order chi connectivity index (χ0) is 20.7. The molecule has 0 unspecified atom stereocenters. The van der Waals surface area contributed by atoms with Gasteiger partial charge in [-0.1, -0.05) is 41.4 Å². The molecule has 0 fully saturated rings. The van der Waals surface area contributed by atoms with Gasteiger partial charge in [0.2, 0.25) is 0 Å². The Labute approximate surface area is 183 Å². The van der Waals surface area contributed by atoms with Crippen LogP contribution < -0.4 is 20.1 Å². The smallest absolute Gasteiger partial charge is 0.261 e. The number of benzene rings is 2. The maximum absolute atomic E-state index is 12.7. The minimum atomic E-state index is -0.363. The van der Waals surface area contributed by atoms with Crippen LogP contribution in [0.5, 0.6) is 11.5 Å². The van der Waals surface area contributed by atoms with Crippen LogP contribution in [0.4, 0.5) is 5.69 Å². The highest BCUT2D eigenvalue weighted by molar-refractivity contribution is 9.10. The summed E-state index contributed by atoms with van der Waals surface area (Å²) in [4.78, 5) is 12.7. The molecule has 2 aromatic carbocycles. The molecule has 2 N–H and O–H groups in total. The minimum Gasteiger partial charge on any atom is -0.495 e. The lowest BCUT2D eigenvalue weighted by atomic mass is 10.1. The summed E-state index contributed by atoms with van der Waals surface area (Å²) in [5.74, 6) is 1.22. The summed E-state index contributed by atoms with van der Waals surface area (Å²) in [5.41, 5.74) is 1.04. The number of ether oxygens (including phenoxy) is 2. The maximum atomic E-state index is 12.7. The molecule has 150 valence electrons. The number of carbonyl (C=O) groups excluding carboxylic acids is 1. The van der Waals surface area contributed by atoms with Crippen molar-refractivity contribution < 1.29 is 14.3 Å². The molecule has 0 aliphatic heterocycles. The van der Waals surface area contributed by atoms with Crippen molar-refractivity contribution in [2.45, 2.75) is 20.3 Å². The number of thiocarbonyl (C=S) groups is 1. The predicted octanol–water partition coefficient (Wildman–Crippen LogP) is 5.66. The number of amides is 1. The van der Waals surface area contributed by atoms with Crippen LogP contribution in [0, 0.1) is 5.92 Å². The average Bonchev–Trinajstić information content (AvgIpc) is 2.62. The SMILES string of the molecule is COc1ccc(NC(=S)NC(=O)c2cc(Br)ccc2OCCC(C)C)cc1Cl. The highest BCUT2D eigenvalue weighted by atomic mass is 79.9. The van der Waals surface area contributed by atoms with E-state index in [2.05, 4.69) is 40.4 Å². The lowest BCUT2D eigenvalue weighted by Crippen LogP contribution is -2.34. The molecule has 0 heterocycles. The van der Waals surface area contributed by atoms with Gasteiger partial charge in [0.05, 0.1) is 24.3 Å². The topological polar surface area (TPSA) is 59.6 Å². The third-order valence-electron chi connectivity index (χ3n) is 3.78. The molecule has 5 nitrogen and oxygen atoms in total. The van der Waals surface area contributed by atoms with Gasteiger partial charge in [0.1, 0.15) is 11.5 Å². The number of nitrogens with one attached hydrogen (secondary N) is 2. The Morgan fingerprint density at radius 1 is 1.21 bits per heavy atom. The molecule has 0 aromatic heterocycles. The minimum absolute atomic E-state index is 0.152. The van der Waals surface area contributed by atoms with Crippen LogP contribution >= 0.6 is 39.7 Å². The van der Waals surface area contributed by atoms with Gasteiger partial charge in [-0.05, 0) is 61.0 Å². The van der Waals surface area contributed by atoms with Crippen molar-refractivity contribution in [3.05, 3.63) is 51.5 Å². The standard InChI is InChI=1S/C20H22BrClN2O3S/c1-12(2)8-9-27-17-6-4-13(21)10-15(17)19(25)24-20(28)23-14-5-7-18(26-3)16(22)11-14/h4-7,10-12H,8-9H2,1-3H3,(H2,23,24,25,28). The van der Waals surface area contributed by atoms with Crippen LogP contribution in [0.2, 0.25) is 5.02 Å². The van der Waals surface area contributed by atoms with Crippen LogP contribution in [-0.2, 0) is 0 Å². The molecular weight excluding hydrogens is 464 g/mol. The molecule has 2 rings (SSSR count). The Kier molecular flexibility index (Phi) is 8.54. The second-order valence-corrected chi connectivity index (χ2v) is 8.16. The predicted molar refractivity (Wildman–Crippen MR) is 121 cm³/mol. The van der Waals surface area contributed by atoms with Gasteiger partial charge in [-0.15, -0.1) is 0 Å². The van der Waals surface area contributed by atoms with Crippen LogP contribution in [0.15, 0.2) is 40.9 Å². The zero-order valence-electron chi connectivity index (χ0n) is 15.8. The van der Waals surface area contributed by atoms with Crippen molar-refractivity contribution >= 4 is 56.5 Å². The number of hydrogen-bond donors (Lipinski definition) is 2. The van der Waals surface area contributed by atoms with Gasteiger partial charge in [0, 0.05) is 10.2 Å². The van der Waals surface area contributed by atoms with Gasteiger partial charge in [-0.3, -0.25) is 10.1 Å². The first-order chi connectivity index (χ1) is 13.3. The molecular formula is C20H22BrClN2O3S. The lowest BCUT2D eigenvalue weighted by Gasteiger charge is -2.14. The first-order valence-electron chi connectivity index (χ1n) is 8.68. The molecule has 0 aliphatic rings. The van der Waals surface area contributed by atoms with E-state index in [0.29, 0.717) is 40.3 Å². The molecule has 8 heteroatoms. The van der Waals surface area contributed by atoms with E-state index in [4.69, 9.17) is 33.3 Å². The first kappa shape index (κ1) is 22.5. The van der Waals surface area contributed by atoms with Gasteiger partial charge >= 0.3 is 0 Å². The number of hydrogen-bond acceptors (Lipinski definition) is 4. The quantitative estimate of drug-likeness (QED) is 0.495. The Morgan fingerprint density at radius 2 is 1.93 bits per heavy atom. The third-order valence-corrected chi connectivity index (χ3v) is 4.77. The lowest BCUT2D eigenvalue weighted by molar-refractivity contribution is 0.0973. The van der Waals surface area contributed by atoms with Crippen LogP contribution in [0.25, 0.3) is 0 Å². The molecule has 0 atom stereocenters. The van der Waals surface area contributed by atoms with Gasteiger partial charge in [0.25, 0.3) is 5.91 Å². The van der Waals surface area contributed by atoms with Crippen molar-refractivity contribution in [1.29, 1.82) is 0 Å². The highest BCUT2D eigenvalue weighted by Crippen LogP contribution is 2.27. The fraction of sp³-hybridized carbons (Fsp3) is 0.300. The molecule has 0 radical (unpaired) electrons. The Morgan fingerprint density at radius 3 is 2.57 bits per heavy atom. The summed E-state index contributed by atoms with van der Waals surface area (Å²) in [6.45, 7) is 4.77. The van der Waals surface area contributed by atoms with Gasteiger partial charge < -0.3 is 14.8 Å². The number of halogens is 2. The summed E-state index contributed by atoms with van der Waals surface area (Å²) in [6, 6.07) is 10.4. The number of methoxy groups -OCH3 is 1. The van der Waals surface area contributed by atoms with E-state index >= 15 is 0 Å². The molecule has 1 amide bonds. The second-order valence-electron chi connectivity index (χ2n) is 6.43. The van der Waals surface area contributed by atoms with E-state index in [1.165, 1.54) is 7.11 Å². The number of rotatable bonds is 7. The first-order valence-corrected chi connectivity index (χ1v) is 10.3. The van der Waals surface area contributed by atoms with Gasteiger partial charge in [0.15, 0.2) is 5.11 Å². The fourth-order valence-electron chi connectivity index (χ4n) is 2.29. The molecule has 0 bridgehead atoms. The van der Waals surface area contributed by atoms with Crippen molar-refractivity contribution in [2.75, 3.05) is 19.0 Å². The Bertz CT molecular complexity index is 861.